The van der Waals surface area contributed by atoms with Crippen LogP contribution in [0.4, 0.5) is 0 Å². The van der Waals surface area contributed by atoms with E-state index in [0.717, 1.165) is 13.0 Å². The molecule has 0 atom stereocenters. The molecule has 0 spiro atoms. The summed E-state index contributed by atoms with van der Waals surface area (Å²) in [6, 6.07) is 4.49. The van der Waals surface area contributed by atoms with E-state index in [0.29, 0.717) is 54.3 Å². The molecule has 0 saturated carbocycles. The van der Waals surface area contributed by atoms with Gasteiger partial charge in [-0.15, -0.1) is 5.10 Å². The highest BCUT2D eigenvalue weighted by atomic mass is 32.2. The number of ether oxygens (including phenoxy) is 1. The maximum Gasteiger partial charge on any atom is 0.277 e. The second-order valence-electron chi connectivity index (χ2n) is 9.38. The zero-order valence-corrected chi connectivity index (χ0v) is 23.1. The van der Waals surface area contributed by atoms with E-state index in [-0.39, 0.29) is 22.3 Å². The number of aryl methyl sites for hydroxylation is 2. The Balaban J connectivity index is 2.15. The average molecular weight is 519 g/mol. The molecule has 3 rings (SSSR count). The summed E-state index contributed by atoms with van der Waals surface area (Å²) in [5.41, 5.74) is 1.06. The Labute approximate surface area is 213 Å². The van der Waals surface area contributed by atoms with E-state index in [9.17, 15) is 13.2 Å². The summed E-state index contributed by atoms with van der Waals surface area (Å²) >= 11 is 0. The molecular weight excluding hydrogens is 480 g/mol. The van der Waals surface area contributed by atoms with Crippen LogP contribution in [-0.2, 0) is 16.4 Å². The summed E-state index contributed by atoms with van der Waals surface area (Å²) in [5.74, 6) is 1.36. The number of hydrogen-bond donors (Lipinski definition) is 1. The number of sulfonamides is 1. The van der Waals surface area contributed by atoms with E-state index in [4.69, 9.17) is 4.74 Å². The highest BCUT2D eigenvalue weighted by Crippen LogP contribution is 2.32. The quantitative estimate of drug-likeness (QED) is 0.392. The van der Waals surface area contributed by atoms with Gasteiger partial charge < -0.3 is 14.6 Å². The highest BCUT2D eigenvalue weighted by Gasteiger charge is 2.28. The summed E-state index contributed by atoms with van der Waals surface area (Å²) < 4.78 is 36.2. The highest BCUT2D eigenvalue weighted by molar-refractivity contribution is 7.89. The van der Waals surface area contributed by atoms with Gasteiger partial charge in [-0.25, -0.2) is 17.9 Å². The third-order valence-electron chi connectivity index (χ3n) is 5.89. The molecule has 0 aliphatic heterocycles. The molecule has 0 aliphatic carbocycles. The van der Waals surface area contributed by atoms with Gasteiger partial charge in [0.05, 0.1) is 22.8 Å². The van der Waals surface area contributed by atoms with Crippen molar-refractivity contribution in [2.75, 3.05) is 33.8 Å². The molecule has 1 aromatic carbocycles. The minimum atomic E-state index is -3.81. The third kappa shape index (κ3) is 5.79. The molecular formula is C25H38N6O4S. The molecule has 0 amide bonds. The summed E-state index contributed by atoms with van der Waals surface area (Å²) in [4.78, 5) is 22.5. The molecule has 0 radical (unpaired) electrons. The normalized spacial score (nSPS) is 12.4. The molecule has 0 fully saturated rings. The number of fused-ring (bicyclic) bond motifs is 1. The van der Waals surface area contributed by atoms with Gasteiger partial charge >= 0.3 is 0 Å². The second-order valence-corrected chi connectivity index (χ2v) is 11.3. The van der Waals surface area contributed by atoms with E-state index < -0.39 is 10.0 Å². The number of rotatable bonds is 12. The molecule has 0 saturated heterocycles. The van der Waals surface area contributed by atoms with Crippen molar-refractivity contribution < 1.29 is 13.2 Å². The lowest BCUT2D eigenvalue weighted by Crippen LogP contribution is -2.38. The lowest BCUT2D eigenvalue weighted by molar-refractivity contribution is 0.318. The van der Waals surface area contributed by atoms with Crippen LogP contribution in [0, 0.1) is 6.92 Å². The van der Waals surface area contributed by atoms with Crippen LogP contribution in [0.5, 0.6) is 5.75 Å². The van der Waals surface area contributed by atoms with Crippen LogP contribution in [0.2, 0.25) is 0 Å². The summed E-state index contributed by atoms with van der Waals surface area (Å²) in [6.45, 7) is 10.9. The Kier molecular flexibility index (Phi) is 8.91. The second kappa shape index (κ2) is 11.5. The molecule has 3 aromatic rings. The zero-order chi connectivity index (χ0) is 26.6. The van der Waals surface area contributed by atoms with E-state index >= 15 is 0 Å². The first kappa shape index (κ1) is 27.8. The third-order valence-corrected chi connectivity index (χ3v) is 7.96. The minimum absolute atomic E-state index is 0.123. The van der Waals surface area contributed by atoms with E-state index in [2.05, 4.69) is 15.1 Å². The molecule has 0 bridgehead atoms. The molecule has 11 heteroatoms. The lowest BCUT2D eigenvalue weighted by atomic mass is 10.2. The fraction of sp³-hybridized carbons (Fsp3) is 0.560. The molecule has 2 heterocycles. The van der Waals surface area contributed by atoms with Gasteiger partial charge in [0.1, 0.15) is 11.6 Å². The van der Waals surface area contributed by atoms with Gasteiger partial charge in [-0.2, -0.15) is 4.31 Å². The van der Waals surface area contributed by atoms with Crippen molar-refractivity contribution in [2.24, 2.45) is 0 Å². The summed E-state index contributed by atoms with van der Waals surface area (Å²) in [7, 11) is 0.122. The van der Waals surface area contributed by atoms with Crippen LogP contribution >= 0.6 is 0 Å². The maximum absolute atomic E-state index is 13.7. The van der Waals surface area contributed by atoms with Crippen LogP contribution in [0.15, 0.2) is 27.9 Å². The van der Waals surface area contributed by atoms with Gasteiger partial charge in [-0.1, -0.05) is 6.92 Å². The van der Waals surface area contributed by atoms with Gasteiger partial charge in [0.25, 0.3) is 5.56 Å². The van der Waals surface area contributed by atoms with Crippen LogP contribution < -0.4 is 10.3 Å². The van der Waals surface area contributed by atoms with Gasteiger partial charge in [0.15, 0.2) is 11.3 Å². The van der Waals surface area contributed by atoms with Crippen molar-refractivity contribution in [1.29, 1.82) is 0 Å². The molecule has 36 heavy (non-hydrogen) atoms. The Morgan fingerprint density at radius 1 is 1.17 bits per heavy atom. The number of nitrogens with zero attached hydrogens (tertiary/aromatic N) is 5. The lowest BCUT2D eigenvalue weighted by Gasteiger charge is -2.27. The Hall–Kier alpha value is -2.76. The van der Waals surface area contributed by atoms with Crippen molar-refractivity contribution in [3.8, 4) is 17.1 Å². The standard InChI is InChI=1S/C25H38N6O4S/c1-8-11-22-26-18(5)23-25(32)27-24(28-31(22)23)20-16-19(12-13-21(20)35-9-2)36(33,34)30(17(3)4)15-10-14-29(6)7/h12-13,16-17H,8-11,14-15H2,1-7H3,(H,27,28,32). The van der Waals surface area contributed by atoms with Gasteiger partial charge in [0, 0.05) is 19.0 Å². The summed E-state index contributed by atoms with van der Waals surface area (Å²) in [5, 5.41) is 4.67. The topological polar surface area (TPSA) is 113 Å². The summed E-state index contributed by atoms with van der Waals surface area (Å²) in [6.07, 6.45) is 2.22. The number of aromatic nitrogens is 4. The SMILES string of the molecule is CCCc1nc(C)c2c(=O)[nH]c(-c3cc(S(=O)(=O)N(CCCN(C)C)C(C)C)ccc3OCC)nn12. The first-order valence-corrected chi connectivity index (χ1v) is 13.9. The number of imidazole rings is 1. The molecule has 0 unspecified atom stereocenters. The number of hydrogen-bond acceptors (Lipinski definition) is 7. The van der Waals surface area contributed by atoms with Gasteiger partial charge in [-0.3, -0.25) is 4.79 Å². The maximum atomic E-state index is 13.7. The largest absolute Gasteiger partial charge is 0.493 e. The van der Waals surface area contributed by atoms with Crippen LogP contribution in [-0.4, -0.2) is 77.0 Å². The van der Waals surface area contributed by atoms with Crippen LogP contribution in [0.1, 0.15) is 52.1 Å². The van der Waals surface area contributed by atoms with E-state index in [1.807, 2.05) is 46.7 Å². The molecule has 2 aromatic heterocycles. The average Bonchev–Trinajstić information content (AvgIpc) is 3.12. The van der Waals surface area contributed by atoms with Crippen molar-refractivity contribution in [2.45, 2.75) is 64.8 Å². The van der Waals surface area contributed by atoms with E-state index in [1.165, 1.54) is 10.4 Å². The van der Waals surface area contributed by atoms with Gasteiger partial charge in [-0.05, 0) is 79.4 Å². The number of benzene rings is 1. The van der Waals surface area contributed by atoms with Crippen LogP contribution in [0.3, 0.4) is 0 Å². The van der Waals surface area contributed by atoms with Crippen molar-refractivity contribution >= 4 is 15.5 Å². The predicted octanol–water partition coefficient (Wildman–Crippen LogP) is 3.10. The molecule has 198 valence electrons. The van der Waals surface area contributed by atoms with Gasteiger partial charge in [0.2, 0.25) is 10.0 Å². The Morgan fingerprint density at radius 3 is 2.50 bits per heavy atom. The van der Waals surface area contributed by atoms with Crippen molar-refractivity contribution in [3.05, 3.63) is 40.1 Å². The molecule has 1 N–H and O–H groups in total. The number of aromatic amines is 1. The molecule has 10 nitrogen and oxygen atoms in total. The predicted molar refractivity (Wildman–Crippen MR) is 141 cm³/mol. The number of nitrogens with one attached hydrogen (secondary N) is 1. The first-order valence-electron chi connectivity index (χ1n) is 12.4. The van der Waals surface area contributed by atoms with Crippen molar-refractivity contribution in [1.82, 2.24) is 28.8 Å². The van der Waals surface area contributed by atoms with Crippen molar-refractivity contribution in [3.63, 3.8) is 0 Å². The zero-order valence-electron chi connectivity index (χ0n) is 22.3. The number of H-pyrrole nitrogens is 1. The van der Waals surface area contributed by atoms with Crippen LogP contribution in [0.25, 0.3) is 16.9 Å². The smallest absolute Gasteiger partial charge is 0.277 e. The fourth-order valence-corrected chi connectivity index (χ4v) is 5.91. The molecule has 0 aliphatic rings. The Morgan fingerprint density at radius 2 is 1.89 bits per heavy atom. The van der Waals surface area contributed by atoms with E-state index in [1.54, 1.807) is 23.6 Å². The minimum Gasteiger partial charge on any atom is -0.493 e. The first-order chi connectivity index (χ1) is 17.0. The Bertz CT molecular complexity index is 1360. The fourth-order valence-electron chi connectivity index (χ4n) is 4.21. The monoisotopic (exact) mass is 518 g/mol.